The fraction of sp³-hybridized carbons (Fsp3) is 0.714. The molecule has 1 aromatic rings. The fourth-order valence-electron chi connectivity index (χ4n) is 2.69. The van der Waals surface area contributed by atoms with Crippen molar-refractivity contribution in [2.24, 2.45) is 5.92 Å². The molecule has 0 saturated heterocycles. The lowest BCUT2D eigenvalue weighted by Gasteiger charge is -2.35. The Hall–Kier alpha value is 0.01000. The molecule has 0 aromatic carbocycles. The topological polar surface area (TPSA) is 12.0 Å². The van der Waals surface area contributed by atoms with Gasteiger partial charge in [-0.25, -0.2) is 0 Å². The van der Waals surface area contributed by atoms with Crippen LogP contribution in [0.5, 0.6) is 0 Å². The Bertz CT molecular complexity index is 310. The van der Waals surface area contributed by atoms with Gasteiger partial charge >= 0.3 is 0 Å². The maximum atomic E-state index is 3.68. The molecule has 17 heavy (non-hydrogen) atoms. The van der Waals surface area contributed by atoms with Crippen LogP contribution in [0.4, 0.5) is 0 Å². The first-order valence-electron chi connectivity index (χ1n) is 6.77. The Morgan fingerprint density at radius 2 is 2.29 bits per heavy atom. The van der Waals surface area contributed by atoms with Gasteiger partial charge in [-0.15, -0.1) is 23.1 Å². The van der Waals surface area contributed by atoms with Gasteiger partial charge in [-0.05, 0) is 43.2 Å². The molecule has 1 nitrogen and oxygen atoms in total. The molecule has 1 heterocycles. The monoisotopic (exact) mass is 269 g/mol. The summed E-state index contributed by atoms with van der Waals surface area (Å²) in [5.74, 6) is 0.947. The van der Waals surface area contributed by atoms with Crippen molar-refractivity contribution in [2.45, 2.75) is 55.0 Å². The first kappa shape index (κ1) is 13.4. The van der Waals surface area contributed by atoms with Gasteiger partial charge in [0.1, 0.15) is 0 Å². The average Bonchev–Trinajstić information content (AvgIpc) is 2.84. The van der Waals surface area contributed by atoms with Crippen molar-refractivity contribution in [3.8, 4) is 0 Å². The van der Waals surface area contributed by atoms with Gasteiger partial charge in [0.15, 0.2) is 0 Å². The summed E-state index contributed by atoms with van der Waals surface area (Å²) in [5, 5.41) is 6.63. The van der Waals surface area contributed by atoms with Gasteiger partial charge in [-0.1, -0.05) is 26.3 Å². The second-order valence-electron chi connectivity index (χ2n) is 4.84. The number of thiophene rings is 1. The predicted octanol–water partition coefficient (Wildman–Crippen LogP) is 4.40. The van der Waals surface area contributed by atoms with E-state index in [4.69, 9.17) is 0 Å². The molecule has 3 atom stereocenters. The molecule has 1 aliphatic rings. The Labute approximate surface area is 113 Å². The fourth-order valence-corrected chi connectivity index (χ4v) is 5.12. The van der Waals surface area contributed by atoms with Crippen LogP contribution in [0, 0.1) is 5.92 Å². The molecule has 3 heteroatoms. The third-order valence-electron chi connectivity index (χ3n) is 3.71. The van der Waals surface area contributed by atoms with Gasteiger partial charge in [-0.3, -0.25) is 0 Å². The van der Waals surface area contributed by atoms with Crippen LogP contribution >= 0.6 is 23.1 Å². The minimum atomic E-state index is 0.717. The van der Waals surface area contributed by atoms with Gasteiger partial charge in [0, 0.05) is 11.3 Å². The van der Waals surface area contributed by atoms with Crippen LogP contribution in [-0.4, -0.2) is 17.8 Å². The van der Waals surface area contributed by atoms with E-state index < -0.39 is 0 Å². The molecule has 1 aliphatic carbocycles. The van der Waals surface area contributed by atoms with Crippen molar-refractivity contribution in [3.63, 3.8) is 0 Å². The average molecular weight is 269 g/mol. The van der Waals surface area contributed by atoms with Crippen LogP contribution in [0.25, 0.3) is 0 Å². The SMILES string of the molecule is CCNC1CCC(CC)CC1Sc1cccs1. The Kier molecular flexibility index (Phi) is 5.39. The third kappa shape index (κ3) is 3.73. The molecular formula is C14H23NS2. The lowest BCUT2D eigenvalue weighted by molar-refractivity contribution is 0.298. The smallest absolute Gasteiger partial charge is 0.0601 e. The standard InChI is InChI=1S/C14H23NS2/c1-3-11-7-8-12(15-4-2)13(10-11)17-14-6-5-9-16-14/h5-6,9,11-13,15H,3-4,7-8,10H2,1-2H3. The van der Waals surface area contributed by atoms with E-state index in [-0.39, 0.29) is 0 Å². The molecule has 0 radical (unpaired) electrons. The number of nitrogens with one attached hydrogen (secondary N) is 1. The number of hydrogen-bond acceptors (Lipinski definition) is 3. The molecule has 0 spiro atoms. The quantitative estimate of drug-likeness (QED) is 0.850. The highest BCUT2D eigenvalue weighted by molar-refractivity contribution is 8.01. The van der Waals surface area contributed by atoms with Crippen LogP contribution < -0.4 is 5.32 Å². The zero-order valence-electron chi connectivity index (χ0n) is 10.8. The Morgan fingerprint density at radius 3 is 2.94 bits per heavy atom. The largest absolute Gasteiger partial charge is 0.313 e. The summed E-state index contributed by atoms with van der Waals surface area (Å²) in [7, 11) is 0. The van der Waals surface area contributed by atoms with Crippen molar-refractivity contribution in [1.82, 2.24) is 5.32 Å². The van der Waals surface area contributed by atoms with E-state index in [1.165, 1.54) is 29.9 Å². The summed E-state index contributed by atoms with van der Waals surface area (Å²) < 4.78 is 1.48. The molecule has 96 valence electrons. The van der Waals surface area contributed by atoms with Gasteiger partial charge in [0.05, 0.1) is 4.21 Å². The highest BCUT2D eigenvalue weighted by Crippen LogP contribution is 2.39. The minimum absolute atomic E-state index is 0.717. The summed E-state index contributed by atoms with van der Waals surface area (Å²) >= 11 is 3.98. The maximum Gasteiger partial charge on any atom is 0.0601 e. The molecule has 2 rings (SSSR count). The molecule has 1 saturated carbocycles. The van der Waals surface area contributed by atoms with Crippen molar-refractivity contribution in [3.05, 3.63) is 17.5 Å². The maximum absolute atomic E-state index is 3.68. The molecule has 1 N–H and O–H groups in total. The van der Waals surface area contributed by atoms with E-state index in [1.54, 1.807) is 0 Å². The van der Waals surface area contributed by atoms with Gasteiger partial charge in [0.25, 0.3) is 0 Å². The summed E-state index contributed by atoms with van der Waals surface area (Å²) in [6, 6.07) is 5.14. The van der Waals surface area contributed by atoms with Gasteiger partial charge in [-0.2, -0.15) is 0 Å². The summed E-state index contributed by atoms with van der Waals surface area (Å²) in [4.78, 5) is 0. The molecule has 0 bridgehead atoms. The van der Waals surface area contributed by atoms with E-state index >= 15 is 0 Å². The zero-order valence-corrected chi connectivity index (χ0v) is 12.4. The lowest BCUT2D eigenvalue weighted by atomic mass is 9.84. The van der Waals surface area contributed by atoms with E-state index in [1.807, 2.05) is 11.3 Å². The Morgan fingerprint density at radius 1 is 1.41 bits per heavy atom. The zero-order chi connectivity index (χ0) is 12.1. The lowest BCUT2D eigenvalue weighted by Crippen LogP contribution is -2.42. The molecule has 0 aliphatic heterocycles. The van der Waals surface area contributed by atoms with Crippen molar-refractivity contribution >= 4 is 23.1 Å². The molecule has 3 unspecified atom stereocenters. The molecule has 1 aromatic heterocycles. The van der Waals surface area contributed by atoms with Gasteiger partial charge < -0.3 is 5.32 Å². The second-order valence-corrected chi connectivity index (χ2v) is 7.33. The van der Waals surface area contributed by atoms with Crippen LogP contribution in [0.1, 0.15) is 39.5 Å². The van der Waals surface area contributed by atoms with E-state index in [9.17, 15) is 0 Å². The van der Waals surface area contributed by atoms with Crippen molar-refractivity contribution < 1.29 is 0 Å². The first-order valence-corrected chi connectivity index (χ1v) is 8.53. The van der Waals surface area contributed by atoms with Crippen LogP contribution in [0.15, 0.2) is 21.7 Å². The van der Waals surface area contributed by atoms with Crippen molar-refractivity contribution in [2.75, 3.05) is 6.54 Å². The minimum Gasteiger partial charge on any atom is -0.313 e. The van der Waals surface area contributed by atoms with E-state index in [0.717, 1.165) is 23.8 Å². The molecular weight excluding hydrogens is 246 g/mol. The molecule has 1 fully saturated rings. The summed E-state index contributed by atoms with van der Waals surface area (Å²) in [5.41, 5.74) is 0. The second kappa shape index (κ2) is 6.81. The Balaban J connectivity index is 1.97. The normalized spacial score (nSPS) is 29.4. The van der Waals surface area contributed by atoms with Crippen LogP contribution in [-0.2, 0) is 0 Å². The highest BCUT2D eigenvalue weighted by atomic mass is 32.2. The van der Waals surface area contributed by atoms with E-state index in [2.05, 4.69) is 48.4 Å². The van der Waals surface area contributed by atoms with Crippen molar-refractivity contribution in [1.29, 1.82) is 0 Å². The summed E-state index contributed by atoms with van der Waals surface area (Å²) in [6.45, 7) is 5.66. The van der Waals surface area contributed by atoms with E-state index in [0.29, 0.717) is 0 Å². The van der Waals surface area contributed by atoms with Gasteiger partial charge in [0.2, 0.25) is 0 Å². The number of rotatable bonds is 5. The first-order chi connectivity index (χ1) is 8.33. The highest BCUT2D eigenvalue weighted by Gasteiger charge is 2.30. The van der Waals surface area contributed by atoms with Crippen LogP contribution in [0.2, 0.25) is 0 Å². The third-order valence-corrected chi connectivity index (χ3v) is 6.14. The summed E-state index contributed by atoms with van der Waals surface area (Å²) in [6.07, 6.45) is 5.50. The van der Waals surface area contributed by atoms with Crippen LogP contribution in [0.3, 0.4) is 0 Å². The number of hydrogen-bond donors (Lipinski definition) is 1. The molecule has 0 amide bonds. The predicted molar refractivity (Wildman–Crippen MR) is 79.1 cm³/mol. The number of thioether (sulfide) groups is 1.